The normalized spacial score (nSPS) is 15.3. The lowest BCUT2D eigenvalue weighted by atomic mass is 9.99. The fraction of sp³-hybridized carbons (Fsp3) is 0. The maximum atomic E-state index is 9.39. The molecule has 0 aliphatic carbocycles. The lowest BCUT2D eigenvalue weighted by Crippen LogP contribution is -2.12. The molecule has 0 bridgehead atoms. The van der Waals surface area contributed by atoms with E-state index < -0.39 is 60.4 Å². The predicted octanol–water partition coefficient (Wildman–Crippen LogP) is 11.0. The van der Waals surface area contributed by atoms with Gasteiger partial charge in [0.25, 0.3) is 0 Å². The lowest BCUT2D eigenvalue weighted by Gasteiger charge is -2.29. The van der Waals surface area contributed by atoms with Crippen molar-refractivity contribution in [2.75, 3.05) is 4.90 Å². The average Bonchev–Trinajstić information content (AvgIpc) is 3.54. The molecule has 8 rings (SSSR count). The Kier molecular flexibility index (Phi) is 3.24. The van der Waals surface area contributed by atoms with E-state index in [1.165, 1.54) is 4.90 Å². The third-order valence-electron chi connectivity index (χ3n) is 7.08. The van der Waals surface area contributed by atoms with E-state index in [1.54, 1.807) is 48.5 Å². The Morgan fingerprint density at radius 2 is 1.27 bits per heavy atom. The first kappa shape index (κ1) is 14.2. The van der Waals surface area contributed by atoms with E-state index >= 15 is 0 Å². The molecule has 2 nitrogen and oxygen atoms in total. The number of hydrogen-bond acceptors (Lipinski definition) is 2. The van der Waals surface area contributed by atoms with Crippen LogP contribution in [0.3, 0.4) is 0 Å². The molecular formula is C38H25NO. The minimum atomic E-state index is -0.623. The molecule has 1 aromatic heterocycles. The second kappa shape index (κ2) is 9.14. The van der Waals surface area contributed by atoms with Gasteiger partial charge >= 0.3 is 0 Å². The number of hydrogen-bond donors (Lipinski definition) is 0. The molecule has 8 aromatic rings. The van der Waals surface area contributed by atoms with Gasteiger partial charge in [0.15, 0.2) is 0 Å². The lowest BCUT2D eigenvalue weighted by molar-refractivity contribution is 0.672. The van der Waals surface area contributed by atoms with Crippen LogP contribution in [0.5, 0.6) is 0 Å². The van der Waals surface area contributed by atoms with Crippen LogP contribution in [0, 0.1) is 0 Å². The third kappa shape index (κ3) is 3.50. The zero-order valence-electron chi connectivity index (χ0n) is 31.9. The van der Waals surface area contributed by atoms with Crippen molar-refractivity contribution in [3.8, 4) is 11.1 Å². The Labute approximate surface area is 247 Å². The van der Waals surface area contributed by atoms with E-state index in [9.17, 15) is 2.74 Å². The zero-order valence-corrected chi connectivity index (χ0v) is 20.9. The largest absolute Gasteiger partial charge is 0.455 e. The number of furan rings is 1. The fourth-order valence-corrected chi connectivity index (χ4v) is 5.33. The molecule has 40 heavy (non-hydrogen) atoms. The van der Waals surface area contributed by atoms with Crippen LogP contribution in [0.15, 0.2) is 156 Å². The van der Waals surface area contributed by atoms with Gasteiger partial charge in [0.05, 0.1) is 37.5 Å². The molecule has 0 amide bonds. The molecule has 0 saturated carbocycles. The summed E-state index contributed by atoms with van der Waals surface area (Å²) in [6, 6.07) is 19.1. The highest BCUT2D eigenvalue weighted by molar-refractivity contribution is 6.20. The van der Waals surface area contributed by atoms with E-state index in [1.807, 2.05) is 36.4 Å². The van der Waals surface area contributed by atoms with Gasteiger partial charge in [-0.2, -0.15) is 0 Å². The van der Waals surface area contributed by atoms with Gasteiger partial charge < -0.3 is 9.32 Å². The summed E-state index contributed by atoms with van der Waals surface area (Å²) >= 11 is 0. The highest BCUT2D eigenvalue weighted by atomic mass is 16.3. The number of anilines is 3. The Balaban J connectivity index is 1.66. The van der Waals surface area contributed by atoms with Crippen molar-refractivity contribution in [2.45, 2.75) is 0 Å². The molecule has 0 radical (unpaired) electrons. The van der Waals surface area contributed by atoms with Gasteiger partial charge in [0.2, 0.25) is 0 Å². The minimum absolute atomic E-state index is 0.0618. The van der Waals surface area contributed by atoms with Crippen LogP contribution in [-0.2, 0) is 0 Å². The summed E-state index contributed by atoms with van der Waals surface area (Å²) in [5.74, 6) is 0. The Hall–Kier alpha value is -5.34. The average molecular weight is 523 g/mol. The Morgan fingerprint density at radius 3 is 2.23 bits per heavy atom. The van der Waals surface area contributed by atoms with Gasteiger partial charge in [-0.1, -0.05) is 121 Å². The summed E-state index contributed by atoms with van der Waals surface area (Å²) in [6.07, 6.45) is 0. The number of rotatable bonds is 4. The smallest absolute Gasteiger partial charge is 0.143 e. The topological polar surface area (TPSA) is 16.4 Å². The fourth-order valence-electron chi connectivity index (χ4n) is 5.33. The van der Waals surface area contributed by atoms with E-state index in [-0.39, 0.29) is 39.4 Å². The monoisotopic (exact) mass is 522 g/mol. The van der Waals surface area contributed by atoms with Gasteiger partial charge in [-0.3, -0.25) is 0 Å². The quantitative estimate of drug-likeness (QED) is 0.228. The first-order chi connectivity index (χ1) is 24.4. The van der Waals surface area contributed by atoms with Crippen molar-refractivity contribution in [1.29, 1.82) is 0 Å². The molecule has 0 aliphatic rings. The minimum Gasteiger partial charge on any atom is -0.455 e. The SMILES string of the molecule is [2H]c1c([2H])c([2H])c(N(c2c([2H])c([2H])c([2H])c3c([2H])c([2H])c([2H])c([2H])c23)c2cccc3oc4c5ccccc5ccc4c23)c(-c2ccccc2)c1[2H]. The van der Waals surface area contributed by atoms with Crippen molar-refractivity contribution < 1.29 is 19.5 Å². The van der Waals surface area contributed by atoms with Gasteiger partial charge in [-0.25, -0.2) is 0 Å². The van der Waals surface area contributed by atoms with Crippen molar-refractivity contribution in [3.63, 3.8) is 0 Å². The van der Waals surface area contributed by atoms with Crippen LogP contribution < -0.4 is 4.90 Å². The summed E-state index contributed by atoms with van der Waals surface area (Å²) in [7, 11) is 0. The first-order valence-corrected chi connectivity index (χ1v) is 12.7. The molecule has 0 aliphatic heterocycles. The molecule has 0 unspecified atom stereocenters. The van der Waals surface area contributed by atoms with Gasteiger partial charge in [-0.15, -0.1) is 0 Å². The third-order valence-corrected chi connectivity index (χ3v) is 7.08. The van der Waals surface area contributed by atoms with E-state index in [2.05, 4.69) is 0 Å². The van der Waals surface area contributed by atoms with E-state index in [4.69, 9.17) is 16.8 Å². The summed E-state index contributed by atoms with van der Waals surface area (Å²) < 4.78 is 104. The predicted molar refractivity (Wildman–Crippen MR) is 169 cm³/mol. The molecule has 0 N–H and O–H groups in total. The van der Waals surface area contributed by atoms with Crippen LogP contribution in [0.1, 0.15) is 15.1 Å². The Morgan fingerprint density at radius 1 is 0.500 bits per heavy atom. The molecule has 0 fully saturated rings. The van der Waals surface area contributed by atoms with Gasteiger partial charge in [0, 0.05) is 21.7 Å². The molecule has 1 heterocycles. The molecule has 0 saturated heterocycles. The molecular weight excluding hydrogens is 486 g/mol. The molecule has 7 aromatic carbocycles. The van der Waals surface area contributed by atoms with E-state index in [0.29, 0.717) is 27.5 Å². The number of nitrogens with zero attached hydrogens (tertiary/aromatic N) is 1. The standard InChI is InChI=1S/C38H25NO/c1-2-12-26(13-3-1)29-18-8-9-20-33(29)39(34-21-10-16-27-14-4-6-17-30(27)34)35-22-11-23-36-37(35)32-25-24-28-15-5-7-19-31(28)38(32)40-36/h1-25H/i4D,6D,8D,9D,10D,14D,16D,17D,18D,20D,21D. The van der Waals surface area contributed by atoms with Crippen LogP contribution in [0.25, 0.3) is 54.6 Å². The van der Waals surface area contributed by atoms with Crippen LogP contribution in [0.4, 0.5) is 17.1 Å². The van der Waals surface area contributed by atoms with Crippen molar-refractivity contribution in [3.05, 3.63) is 151 Å². The zero-order chi connectivity index (χ0) is 36.0. The van der Waals surface area contributed by atoms with Crippen LogP contribution in [0.2, 0.25) is 0 Å². The van der Waals surface area contributed by atoms with Crippen molar-refractivity contribution in [1.82, 2.24) is 0 Å². The summed E-state index contributed by atoms with van der Waals surface area (Å²) in [5.41, 5.74) is 1.34. The van der Waals surface area contributed by atoms with Crippen LogP contribution >= 0.6 is 0 Å². The number of benzene rings is 7. The maximum absolute atomic E-state index is 9.39. The summed E-state index contributed by atoms with van der Waals surface area (Å²) in [4.78, 5) is 1.38. The van der Waals surface area contributed by atoms with Crippen molar-refractivity contribution in [2.24, 2.45) is 0 Å². The number of para-hydroxylation sites is 1. The molecule has 188 valence electrons. The Bertz CT molecular complexity index is 2770. The number of fused-ring (bicyclic) bond motifs is 6. The second-order valence-corrected chi connectivity index (χ2v) is 9.31. The van der Waals surface area contributed by atoms with Gasteiger partial charge in [-0.05, 0) is 46.6 Å². The highest BCUT2D eigenvalue weighted by Crippen LogP contribution is 2.48. The highest BCUT2D eigenvalue weighted by Gasteiger charge is 2.23. The second-order valence-electron chi connectivity index (χ2n) is 9.31. The van der Waals surface area contributed by atoms with Crippen LogP contribution in [-0.4, -0.2) is 0 Å². The summed E-state index contributed by atoms with van der Waals surface area (Å²) in [5, 5.41) is 2.36. The van der Waals surface area contributed by atoms with Gasteiger partial charge in [0.1, 0.15) is 11.2 Å². The molecule has 2 heteroatoms. The molecule has 0 spiro atoms. The maximum Gasteiger partial charge on any atom is 0.143 e. The first-order valence-electron chi connectivity index (χ1n) is 18.2. The molecule has 0 atom stereocenters. The van der Waals surface area contributed by atoms with Crippen molar-refractivity contribution >= 4 is 60.5 Å². The van der Waals surface area contributed by atoms with E-state index in [0.717, 1.165) is 10.8 Å². The summed E-state index contributed by atoms with van der Waals surface area (Å²) in [6.45, 7) is 0.